The average Bonchev–Trinajstić information content (AvgIpc) is 2.75. The molecule has 1 aromatic carbocycles. The monoisotopic (exact) mass is 411 g/mol. The first-order valence-electron chi connectivity index (χ1n) is 6.91. The molecule has 0 fully saturated rings. The van der Waals surface area contributed by atoms with Crippen molar-refractivity contribution in [1.82, 2.24) is 0 Å². The predicted octanol–water partition coefficient (Wildman–Crippen LogP) is 3.90. The van der Waals surface area contributed by atoms with E-state index >= 15 is 0 Å². The molecule has 7 heteroatoms. The Morgan fingerprint density at radius 3 is 2.38 bits per heavy atom. The van der Waals surface area contributed by atoms with Crippen LogP contribution in [0.5, 0.6) is 0 Å². The molecule has 1 aliphatic rings. The zero-order valence-electron chi connectivity index (χ0n) is 13.3. The minimum absolute atomic E-state index is 0.0293. The van der Waals surface area contributed by atoms with E-state index in [1.807, 2.05) is 13.0 Å². The van der Waals surface area contributed by atoms with E-state index in [0.29, 0.717) is 10.7 Å². The molecule has 0 bridgehead atoms. The molecule has 24 heavy (non-hydrogen) atoms. The van der Waals surface area contributed by atoms with Gasteiger partial charge in [0, 0.05) is 10.7 Å². The van der Waals surface area contributed by atoms with E-state index in [4.69, 9.17) is 21.1 Å². The fourth-order valence-corrected chi connectivity index (χ4v) is 3.40. The molecular weight excluding hydrogens is 398 g/mol. The number of allylic oxidation sites excluding steroid dienone is 2. The SMILES string of the molecule is COC(=O)C1=C(C(=O)OC)N(c2c(C)cc(Br)cc2Cl)C=CC=C1. The van der Waals surface area contributed by atoms with Crippen LogP contribution in [-0.4, -0.2) is 26.2 Å². The molecule has 0 amide bonds. The van der Waals surface area contributed by atoms with Gasteiger partial charge in [-0.15, -0.1) is 0 Å². The van der Waals surface area contributed by atoms with E-state index in [0.717, 1.165) is 10.0 Å². The molecule has 0 atom stereocenters. The van der Waals surface area contributed by atoms with Crippen LogP contribution in [0.15, 0.2) is 52.3 Å². The molecule has 0 saturated heterocycles. The number of carbonyl (C=O) groups excluding carboxylic acids is 2. The van der Waals surface area contributed by atoms with Crippen molar-refractivity contribution in [2.24, 2.45) is 0 Å². The molecular formula is C17H15BrClNO4. The largest absolute Gasteiger partial charge is 0.465 e. The van der Waals surface area contributed by atoms with Gasteiger partial charge >= 0.3 is 11.9 Å². The van der Waals surface area contributed by atoms with Gasteiger partial charge in [0.25, 0.3) is 0 Å². The van der Waals surface area contributed by atoms with Gasteiger partial charge in [0.05, 0.1) is 30.5 Å². The second-order valence-corrected chi connectivity index (χ2v) is 6.19. The van der Waals surface area contributed by atoms with Crippen LogP contribution < -0.4 is 4.90 Å². The van der Waals surface area contributed by atoms with Gasteiger partial charge in [-0.25, -0.2) is 9.59 Å². The minimum atomic E-state index is -0.676. The maximum absolute atomic E-state index is 12.4. The summed E-state index contributed by atoms with van der Waals surface area (Å²) >= 11 is 9.76. The van der Waals surface area contributed by atoms with Crippen molar-refractivity contribution >= 4 is 45.2 Å². The van der Waals surface area contributed by atoms with E-state index in [1.165, 1.54) is 25.2 Å². The highest BCUT2D eigenvalue weighted by atomic mass is 79.9. The topological polar surface area (TPSA) is 55.8 Å². The fourth-order valence-electron chi connectivity index (χ4n) is 2.34. The van der Waals surface area contributed by atoms with Gasteiger partial charge in [-0.2, -0.15) is 0 Å². The number of rotatable bonds is 3. The first-order chi connectivity index (χ1) is 11.4. The van der Waals surface area contributed by atoms with Crippen LogP contribution >= 0.6 is 27.5 Å². The quantitative estimate of drug-likeness (QED) is 0.705. The summed E-state index contributed by atoms with van der Waals surface area (Å²) < 4.78 is 10.5. The van der Waals surface area contributed by atoms with Crippen molar-refractivity contribution in [2.45, 2.75) is 6.92 Å². The molecule has 0 spiro atoms. The summed E-state index contributed by atoms with van der Waals surface area (Å²) in [7, 11) is 2.50. The minimum Gasteiger partial charge on any atom is -0.465 e. The molecule has 0 radical (unpaired) electrons. The molecule has 0 saturated carbocycles. The second-order valence-electron chi connectivity index (χ2n) is 4.87. The Morgan fingerprint density at radius 2 is 1.79 bits per heavy atom. The Bertz CT molecular complexity index is 760. The van der Waals surface area contributed by atoms with E-state index in [2.05, 4.69) is 15.9 Å². The summed E-state index contributed by atoms with van der Waals surface area (Å²) in [5.74, 6) is -1.32. The van der Waals surface area contributed by atoms with Gasteiger partial charge in [0.1, 0.15) is 5.70 Å². The number of anilines is 1. The molecule has 1 aromatic rings. The Balaban J connectivity index is 2.75. The molecule has 0 unspecified atom stereocenters. The smallest absolute Gasteiger partial charge is 0.355 e. The molecule has 0 aromatic heterocycles. The summed E-state index contributed by atoms with van der Waals surface area (Å²) in [5, 5.41) is 0.416. The van der Waals surface area contributed by atoms with Crippen LogP contribution in [0.2, 0.25) is 5.02 Å². The van der Waals surface area contributed by atoms with E-state index in [9.17, 15) is 9.59 Å². The summed E-state index contributed by atoms with van der Waals surface area (Å²) in [6.07, 6.45) is 6.46. The van der Waals surface area contributed by atoms with Crippen molar-refractivity contribution in [3.63, 3.8) is 0 Å². The lowest BCUT2D eigenvalue weighted by molar-refractivity contribution is -0.139. The zero-order chi connectivity index (χ0) is 17.9. The van der Waals surface area contributed by atoms with Gasteiger partial charge < -0.3 is 14.4 Å². The standard InChI is InChI=1S/C17H15BrClNO4/c1-10-8-11(18)9-13(19)14(10)20-7-5-4-6-12(16(21)23-2)15(20)17(22)24-3/h4-9H,1-3H3. The van der Waals surface area contributed by atoms with E-state index in [1.54, 1.807) is 24.4 Å². The molecule has 0 N–H and O–H groups in total. The van der Waals surface area contributed by atoms with Gasteiger partial charge in [-0.05, 0) is 36.8 Å². The van der Waals surface area contributed by atoms with Crippen molar-refractivity contribution in [3.05, 3.63) is 62.9 Å². The number of esters is 2. The third-order valence-electron chi connectivity index (χ3n) is 3.35. The zero-order valence-corrected chi connectivity index (χ0v) is 15.6. The number of hydrogen-bond acceptors (Lipinski definition) is 5. The lowest BCUT2D eigenvalue weighted by Crippen LogP contribution is -2.27. The maximum atomic E-state index is 12.4. The number of ether oxygens (including phenoxy) is 2. The third kappa shape index (κ3) is 3.55. The molecule has 0 aliphatic carbocycles. The highest BCUT2D eigenvalue weighted by Crippen LogP contribution is 2.37. The number of aryl methyl sites for hydroxylation is 1. The first kappa shape index (κ1) is 18.3. The van der Waals surface area contributed by atoms with Gasteiger partial charge in [-0.3, -0.25) is 0 Å². The van der Waals surface area contributed by atoms with Gasteiger partial charge in [0.15, 0.2) is 0 Å². The highest BCUT2D eigenvalue weighted by Gasteiger charge is 2.29. The molecule has 5 nitrogen and oxygen atoms in total. The number of hydrogen-bond donors (Lipinski definition) is 0. The molecule has 2 rings (SSSR count). The van der Waals surface area contributed by atoms with Crippen molar-refractivity contribution in [2.75, 3.05) is 19.1 Å². The number of nitrogens with zero attached hydrogens (tertiary/aromatic N) is 1. The first-order valence-corrected chi connectivity index (χ1v) is 8.08. The van der Waals surface area contributed by atoms with Crippen molar-refractivity contribution < 1.29 is 19.1 Å². The van der Waals surface area contributed by atoms with E-state index in [-0.39, 0.29) is 11.3 Å². The highest BCUT2D eigenvalue weighted by molar-refractivity contribution is 9.10. The van der Waals surface area contributed by atoms with E-state index < -0.39 is 11.9 Å². The Labute approximate surface area is 153 Å². The van der Waals surface area contributed by atoms with Crippen LogP contribution in [0.1, 0.15) is 5.56 Å². The molecule has 126 valence electrons. The van der Waals surface area contributed by atoms with Crippen LogP contribution in [0, 0.1) is 6.92 Å². The van der Waals surface area contributed by atoms with Crippen molar-refractivity contribution in [3.8, 4) is 0 Å². The number of carbonyl (C=O) groups is 2. The average molecular weight is 413 g/mol. The summed E-state index contributed by atoms with van der Waals surface area (Å²) in [5.41, 5.74) is 1.49. The van der Waals surface area contributed by atoms with Crippen molar-refractivity contribution in [1.29, 1.82) is 0 Å². The lowest BCUT2D eigenvalue weighted by Gasteiger charge is -2.25. The maximum Gasteiger partial charge on any atom is 0.355 e. The number of halogens is 2. The summed E-state index contributed by atoms with van der Waals surface area (Å²) in [6, 6.07) is 3.57. The molecule has 1 heterocycles. The second kappa shape index (κ2) is 7.68. The Morgan fingerprint density at radius 1 is 1.12 bits per heavy atom. The molecule has 1 aliphatic heterocycles. The Kier molecular flexibility index (Phi) is 5.85. The summed E-state index contributed by atoms with van der Waals surface area (Å²) in [6.45, 7) is 1.85. The Hall–Kier alpha value is -2.05. The van der Waals surface area contributed by atoms with Crippen LogP contribution in [0.3, 0.4) is 0 Å². The van der Waals surface area contributed by atoms with Crippen LogP contribution in [0.25, 0.3) is 0 Å². The van der Waals surface area contributed by atoms with Crippen LogP contribution in [-0.2, 0) is 19.1 Å². The van der Waals surface area contributed by atoms with Gasteiger partial charge in [0.2, 0.25) is 0 Å². The normalized spacial score (nSPS) is 13.8. The lowest BCUT2D eigenvalue weighted by atomic mass is 10.1. The number of benzene rings is 1. The third-order valence-corrected chi connectivity index (χ3v) is 4.09. The predicted molar refractivity (Wildman–Crippen MR) is 95.7 cm³/mol. The fraction of sp³-hybridized carbons (Fsp3) is 0.176. The van der Waals surface area contributed by atoms with Gasteiger partial charge in [-0.1, -0.05) is 33.6 Å². The summed E-state index contributed by atoms with van der Waals surface area (Å²) in [4.78, 5) is 26.0. The number of methoxy groups -OCH3 is 2. The van der Waals surface area contributed by atoms with Crippen LogP contribution in [0.4, 0.5) is 5.69 Å².